The van der Waals surface area contributed by atoms with Crippen molar-refractivity contribution >= 4 is 23.0 Å². The van der Waals surface area contributed by atoms with Crippen molar-refractivity contribution in [3.05, 3.63) is 76.7 Å². The average molecular weight is 590 g/mol. The van der Waals surface area contributed by atoms with E-state index in [0.717, 1.165) is 68.1 Å². The molecular weight excluding hydrogens is 560 g/mol. The molecule has 2 aliphatic rings. The highest BCUT2D eigenvalue weighted by molar-refractivity contribution is 5.92. The van der Waals surface area contributed by atoms with Gasteiger partial charge in [-0.1, -0.05) is 6.07 Å². The summed E-state index contributed by atoms with van der Waals surface area (Å²) in [5, 5.41) is 21.6. The Labute approximate surface area is 245 Å². The van der Waals surface area contributed by atoms with E-state index in [-0.39, 0.29) is 47.3 Å². The Morgan fingerprint density at radius 3 is 2.65 bits per heavy atom. The molecular formula is C30H29F2N7O4. The predicted octanol–water partition coefficient (Wildman–Crippen LogP) is 4.12. The molecule has 6 rings (SSSR count). The van der Waals surface area contributed by atoms with Crippen LogP contribution in [0.5, 0.6) is 5.88 Å². The quantitative estimate of drug-likeness (QED) is 0.278. The minimum absolute atomic E-state index is 0.0471. The molecule has 2 aliphatic heterocycles. The van der Waals surface area contributed by atoms with Gasteiger partial charge >= 0.3 is 5.97 Å². The number of benzene rings is 2. The minimum atomic E-state index is -0.977. The Hall–Kier alpha value is -4.67. The van der Waals surface area contributed by atoms with Gasteiger partial charge in [-0.3, -0.25) is 4.90 Å². The van der Waals surface area contributed by atoms with Crippen LogP contribution < -0.4 is 10.1 Å². The fourth-order valence-corrected chi connectivity index (χ4v) is 5.28. The number of rotatable bonds is 10. The minimum Gasteiger partial charge on any atom is -0.478 e. The van der Waals surface area contributed by atoms with Crippen molar-refractivity contribution in [2.24, 2.45) is 0 Å². The van der Waals surface area contributed by atoms with Gasteiger partial charge in [-0.15, -0.1) is 0 Å². The molecule has 1 atom stereocenters. The van der Waals surface area contributed by atoms with Crippen LogP contribution >= 0.6 is 0 Å². The summed E-state index contributed by atoms with van der Waals surface area (Å²) in [5.41, 5.74) is 2.12. The number of piperidine rings is 1. The Kier molecular flexibility index (Phi) is 8.13. The maximum absolute atomic E-state index is 14.3. The van der Waals surface area contributed by atoms with Crippen LogP contribution in [0.4, 0.5) is 14.7 Å². The molecule has 222 valence electrons. The van der Waals surface area contributed by atoms with Gasteiger partial charge in [0.25, 0.3) is 5.88 Å². The molecule has 2 aromatic heterocycles. The summed E-state index contributed by atoms with van der Waals surface area (Å²) in [6.07, 6.45) is 3.62. The second kappa shape index (κ2) is 12.3. The molecule has 4 aromatic rings. The zero-order valence-corrected chi connectivity index (χ0v) is 23.2. The summed E-state index contributed by atoms with van der Waals surface area (Å²) in [5.74, 6) is -1.57. The first-order valence-electron chi connectivity index (χ1n) is 14.0. The number of carboxylic acids is 1. The smallest absolute Gasteiger partial charge is 0.335 e. The lowest BCUT2D eigenvalue weighted by Gasteiger charge is -2.33. The van der Waals surface area contributed by atoms with E-state index in [2.05, 4.69) is 24.8 Å². The van der Waals surface area contributed by atoms with E-state index in [9.17, 15) is 18.7 Å². The van der Waals surface area contributed by atoms with E-state index in [1.807, 2.05) is 6.07 Å². The van der Waals surface area contributed by atoms with E-state index in [1.165, 1.54) is 12.1 Å². The third-order valence-electron chi connectivity index (χ3n) is 7.80. The number of carboxylic acid groups (broad SMARTS) is 1. The summed E-state index contributed by atoms with van der Waals surface area (Å²) < 4.78 is 41.7. The number of carbonyl (C=O) groups is 1. The first-order chi connectivity index (χ1) is 20.9. The molecule has 0 saturated carbocycles. The molecule has 0 amide bonds. The maximum Gasteiger partial charge on any atom is 0.335 e. The van der Waals surface area contributed by atoms with Crippen molar-refractivity contribution < 1.29 is 28.2 Å². The number of anilines is 1. The van der Waals surface area contributed by atoms with Gasteiger partial charge in [0.05, 0.1) is 53.6 Å². The van der Waals surface area contributed by atoms with Crippen molar-refractivity contribution in [1.29, 1.82) is 5.26 Å². The number of hydrogen-bond donors (Lipinski definition) is 2. The first kappa shape index (κ1) is 28.4. The van der Waals surface area contributed by atoms with Crippen molar-refractivity contribution in [2.75, 3.05) is 25.0 Å². The fourth-order valence-electron chi connectivity index (χ4n) is 5.28. The van der Waals surface area contributed by atoms with Crippen LogP contribution in [0.2, 0.25) is 0 Å². The van der Waals surface area contributed by atoms with E-state index in [4.69, 9.17) is 19.7 Å². The van der Waals surface area contributed by atoms with Crippen molar-refractivity contribution in [3.8, 4) is 11.9 Å². The molecule has 2 aromatic carbocycles. The van der Waals surface area contributed by atoms with Crippen LogP contribution in [-0.4, -0.2) is 67.3 Å². The van der Waals surface area contributed by atoms with Gasteiger partial charge in [0.2, 0.25) is 11.8 Å². The number of aromatic nitrogens is 4. The van der Waals surface area contributed by atoms with Gasteiger partial charge in [-0.25, -0.2) is 19.2 Å². The number of imidazole rings is 1. The highest BCUT2D eigenvalue weighted by atomic mass is 19.1. The van der Waals surface area contributed by atoms with Crippen LogP contribution in [0.1, 0.15) is 46.6 Å². The van der Waals surface area contributed by atoms with Crippen LogP contribution in [0.15, 0.2) is 42.6 Å². The normalized spacial score (nSPS) is 17.4. The maximum atomic E-state index is 14.3. The molecule has 2 N–H and O–H groups in total. The van der Waals surface area contributed by atoms with Crippen LogP contribution in [0.25, 0.3) is 11.0 Å². The second-order valence-corrected chi connectivity index (χ2v) is 10.7. The average Bonchev–Trinajstić information content (AvgIpc) is 3.32. The molecule has 0 radical (unpaired) electrons. The summed E-state index contributed by atoms with van der Waals surface area (Å²) in [4.78, 5) is 26.9. The van der Waals surface area contributed by atoms with Gasteiger partial charge in [0.1, 0.15) is 18.2 Å². The monoisotopic (exact) mass is 589 g/mol. The predicted molar refractivity (Wildman–Crippen MR) is 150 cm³/mol. The standard InChI is InChI=1S/C30H29F2N7O4/c31-23-11-18(13-33)1-2-20(23)17-43-28-24(32)14-34-30(37-28)35-21-5-8-38(9-6-21)16-27-36-25-4-3-19(29(40)41)12-26(25)39(27)15-22-7-10-42-22/h1-4,11-12,14,21-22H,5-10,15-17H2,(H,40,41)(H,34,35,37)/t22-/m0/s1. The number of nitriles is 1. The molecule has 0 spiro atoms. The van der Waals surface area contributed by atoms with Gasteiger partial charge in [0.15, 0.2) is 0 Å². The van der Waals surface area contributed by atoms with Crippen LogP contribution in [0.3, 0.4) is 0 Å². The van der Waals surface area contributed by atoms with Crippen molar-refractivity contribution in [2.45, 2.75) is 51.1 Å². The highest BCUT2D eigenvalue weighted by Gasteiger charge is 2.25. The number of fused-ring (bicyclic) bond motifs is 1. The van der Waals surface area contributed by atoms with Gasteiger partial charge in [-0.05, 0) is 49.6 Å². The summed E-state index contributed by atoms with van der Waals surface area (Å²) in [7, 11) is 0. The molecule has 0 aliphatic carbocycles. The fraction of sp³-hybridized carbons (Fsp3) is 0.367. The summed E-state index contributed by atoms with van der Waals surface area (Å²) in [6.45, 7) is 3.24. The molecule has 0 unspecified atom stereocenters. The van der Waals surface area contributed by atoms with Gasteiger partial charge in [0, 0.05) is 31.3 Å². The largest absolute Gasteiger partial charge is 0.478 e. The lowest BCUT2D eigenvalue weighted by Crippen LogP contribution is -2.40. The lowest BCUT2D eigenvalue weighted by molar-refractivity contribution is -0.0592. The van der Waals surface area contributed by atoms with Crippen molar-refractivity contribution in [1.82, 2.24) is 24.4 Å². The SMILES string of the molecule is N#Cc1ccc(COc2nc(NC3CCN(Cc4nc5ccc(C(=O)O)cc5n4C[C@@H]4CCO4)CC3)ncc2F)c(F)c1. The van der Waals surface area contributed by atoms with Crippen LogP contribution in [-0.2, 0) is 24.4 Å². The third-order valence-corrected chi connectivity index (χ3v) is 7.80. The molecule has 2 fully saturated rings. The molecule has 4 heterocycles. The van der Waals surface area contributed by atoms with Gasteiger partial charge in [-0.2, -0.15) is 14.6 Å². The van der Waals surface area contributed by atoms with Crippen LogP contribution in [0, 0.1) is 23.0 Å². The zero-order chi connectivity index (χ0) is 29.9. The van der Waals surface area contributed by atoms with Gasteiger partial charge < -0.3 is 24.5 Å². The number of nitrogens with zero attached hydrogens (tertiary/aromatic N) is 6. The second-order valence-electron chi connectivity index (χ2n) is 10.7. The summed E-state index contributed by atoms with van der Waals surface area (Å²) >= 11 is 0. The molecule has 11 nitrogen and oxygen atoms in total. The van der Waals surface area contributed by atoms with E-state index in [1.54, 1.807) is 18.2 Å². The van der Waals surface area contributed by atoms with Crippen molar-refractivity contribution in [3.63, 3.8) is 0 Å². The number of likely N-dealkylation sites (tertiary alicyclic amines) is 1. The Balaban J connectivity index is 1.07. The molecule has 43 heavy (non-hydrogen) atoms. The highest BCUT2D eigenvalue weighted by Crippen LogP contribution is 2.25. The Morgan fingerprint density at radius 2 is 1.95 bits per heavy atom. The number of nitrogens with one attached hydrogen (secondary N) is 1. The number of ether oxygens (including phenoxy) is 2. The molecule has 2 saturated heterocycles. The number of hydrogen-bond acceptors (Lipinski definition) is 9. The zero-order valence-electron chi connectivity index (χ0n) is 23.2. The Bertz CT molecular complexity index is 1690. The molecule has 0 bridgehead atoms. The van der Waals surface area contributed by atoms with E-state index < -0.39 is 17.6 Å². The first-order valence-corrected chi connectivity index (χ1v) is 14.0. The topological polar surface area (TPSA) is 138 Å². The van der Waals surface area contributed by atoms with E-state index >= 15 is 0 Å². The van der Waals surface area contributed by atoms with E-state index in [0.29, 0.717) is 13.1 Å². The molecule has 13 heteroatoms. The summed E-state index contributed by atoms with van der Waals surface area (Å²) in [6, 6.07) is 10.9. The Morgan fingerprint density at radius 1 is 1.14 bits per heavy atom. The number of aromatic carboxylic acids is 1. The lowest BCUT2D eigenvalue weighted by atomic mass is 10.1. The third kappa shape index (κ3) is 6.40. The number of halogens is 2.